The normalized spacial score (nSPS) is 11.8. The van der Waals surface area contributed by atoms with E-state index in [4.69, 9.17) is 4.74 Å². The maximum atomic E-state index is 10.9. The van der Waals surface area contributed by atoms with Gasteiger partial charge < -0.3 is 9.84 Å². The number of hydrogen-bond acceptors (Lipinski definition) is 3. The van der Waals surface area contributed by atoms with E-state index in [2.05, 4.69) is 6.92 Å². The van der Waals surface area contributed by atoms with Crippen LogP contribution in [-0.2, 0) is 9.53 Å². The number of hydrogen-bond donors (Lipinski definition) is 0. The molecule has 0 fully saturated rings. The fraction of sp³-hybridized carbons (Fsp3) is 0.947. The number of rotatable bonds is 16. The zero-order valence-electron chi connectivity index (χ0n) is 15.9. The number of esters is 1. The number of carbonyl (C=O) groups is 1. The van der Waals surface area contributed by atoms with Crippen molar-refractivity contribution in [3.8, 4) is 0 Å². The topological polar surface area (TPSA) is 49.4 Å². The molecule has 0 aromatic rings. The van der Waals surface area contributed by atoms with Crippen LogP contribution in [0.4, 0.5) is 0 Å². The quantitative estimate of drug-likeness (QED) is 0.268. The van der Waals surface area contributed by atoms with Crippen molar-refractivity contribution in [2.45, 2.75) is 110 Å². The van der Waals surface area contributed by atoms with Crippen LogP contribution >= 0.6 is 0 Å². The van der Waals surface area contributed by atoms with Gasteiger partial charge in [0.15, 0.2) is 0 Å². The van der Waals surface area contributed by atoms with E-state index >= 15 is 0 Å². The van der Waals surface area contributed by atoms with Gasteiger partial charge in [-0.3, -0.25) is 4.79 Å². The minimum absolute atomic E-state index is 0. The van der Waals surface area contributed by atoms with Gasteiger partial charge in [-0.15, -0.1) is 0 Å². The largest absolute Gasteiger partial charge is 1.00 e. The Morgan fingerprint density at radius 2 is 1.13 bits per heavy atom. The van der Waals surface area contributed by atoms with Crippen LogP contribution in [0.1, 0.15) is 104 Å². The van der Waals surface area contributed by atoms with E-state index in [1.807, 2.05) is 0 Å². The van der Waals surface area contributed by atoms with Gasteiger partial charge in [-0.25, -0.2) is 0 Å². The van der Waals surface area contributed by atoms with Crippen LogP contribution in [0.25, 0.3) is 0 Å². The average molecular weight is 446 g/mol. The van der Waals surface area contributed by atoms with Crippen LogP contribution in [0.2, 0.25) is 0 Å². The number of ether oxygens (including phenoxy) is 1. The fourth-order valence-corrected chi connectivity index (χ4v) is 2.59. The summed E-state index contributed by atoms with van der Waals surface area (Å²) in [6.07, 6.45) is 17.1. The summed E-state index contributed by atoms with van der Waals surface area (Å²) in [6, 6.07) is 0. The minimum Gasteiger partial charge on any atom is -0.844 e. The van der Waals surface area contributed by atoms with Crippen molar-refractivity contribution in [3.63, 3.8) is 0 Å². The first-order valence-corrected chi connectivity index (χ1v) is 9.51. The summed E-state index contributed by atoms with van der Waals surface area (Å²) >= 11 is 0. The summed E-state index contributed by atoms with van der Waals surface area (Å²) in [7, 11) is 0. The Bertz CT molecular complexity index is 245. The standard InChI is InChI=1S/C19H37O3.Cs/c1-3-4-5-6-7-8-9-10-11-12-13-14-15-16-17-22-19(21)18(2)20;/h18H,3-17H2,1-2H3;/q-1;+1. The first kappa shape index (κ1) is 26.7. The van der Waals surface area contributed by atoms with Gasteiger partial charge in [0.2, 0.25) is 0 Å². The van der Waals surface area contributed by atoms with Crippen molar-refractivity contribution in [2.75, 3.05) is 6.61 Å². The Labute approximate surface area is 203 Å². The molecule has 0 heterocycles. The molecule has 4 heteroatoms. The molecule has 0 N–H and O–H groups in total. The summed E-state index contributed by atoms with van der Waals surface area (Å²) in [6.45, 7) is 4.00. The van der Waals surface area contributed by atoms with Crippen LogP contribution in [0, 0.1) is 0 Å². The molecule has 1 unspecified atom stereocenters. The number of carbonyl (C=O) groups excluding carboxylic acids is 1. The second-order valence-electron chi connectivity index (χ2n) is 6.41. The van der Waals surface area contributed by atoms with Gasteiger partial charge in [-0.1, -0.05) is 97.3 Å². The summed E-state index contributed by atoms with van der Waals surface area (Å²) in [5.74, 6) is -0.616. The first-order valence-electron chi connectivity index (χ1n) is 9.51. The summed E-state index contributed by atoms with van der Waals surface area (Å²) < 4.78 is 4.86. The predicted molar refractivity (Wildman–Crippen MR) is 90.7 cm³/mol. The molecule has 0 saturated heterocycles. The molecule has 0 amide bonds. The predicted octanol–water partition coefficient (Wildman–Crippen LogP) is 1.76. The zero-order valence-corrected chi connectivity index (χ0v) is 22.2. The van der Waals surface area contributed by atoms with E-state index in [9.17, 15) is 9.90 Å². The van der Waals surface area contributed by atoms with E-state index in [-0.39, 0.29) is 68.9 Å². The van der Waals surface area contributed by atoms with Gasteiger partial charge in [-0.05, 0) is 12.5 Å². The molecule has 132 valence electrons. The van der Waals surface area contributed by atoms with E-state index in [0.29, 0.717) is 6.61 Å². The molecule has 0 rings (SSSR count). The summed E-state index contributed by atoms with van der Waals surface area (Å²) in [4.78, 5) is 10.9. The molecule has 1 atom stereocenters. The second-order valence-corrected chi connectivity index (χ2v) is 6.41. The van der Waals surface area contributed by atoms with Crippen LogP contribution in [0.15, 0.2) is 0 Å². The fourth-order valence-electron chi connectivity index (χ4n) is 2.59. The zero-order chi connectivity index (χ0) is 16.5. The Morgan fingerprint density at radius 3 is 1.48 bits per heavy atom. The molecule has 0 bridgehead atoms. The van der Waals surface area contributed by atoms with Gasteiger partial charge in [0.1, 0.15) is 0 Å². The van der Waals surface area contributed by atoms with E-state index in [1.165, 1.54) is 84.0 Å². The minimum atomic E-state index is -1.24. The monoisotopic (exact) mass is 446 g/mol. The van der Waals surface area contributed by atoms with Crippen molar-refractivity contribution in [1.82, 2.24) is 0 Å². The van der Waals surface area contributed by atoms with Gasteiger partial charge >= 0.3 is 68.9 Å². The molecule has 0 saturated carbocycles. The molecular weight excluding hydrogens is 409 g/mol. The maximum absolute atomic E-state index is 10.9. The van der Waals surface area contributed by atoms with Crippen molar-refractivity contribution in [3.05, 3.63) is 0 Å². The smallest absolute Gasteiger partial charge is 0.844 e. The Kier molecular flexibility index (Phi) is 25.0. The first-order chi connectivity index (χ1) is 10.7. The van der Waals surface area contributed by atoms with Crippen LogP contribution < -0.4 is 74.0 Å². The van der Waals surface area contributed by atoms with Crippen molar-refractivity contribution >= 4 is 5.97 Å². The molecule has 0 aliphatic heterocycles. The Morgan fingerprint density at radius 1 is 0.783 bits per heavy atom. The van der Waals surface area contributed by atoms with E-state index in [1.54, 1.807) is 0 Å². The van der Waals surface area contributed by atoms with E-state index in [0.717, 1.165) is 12.8 Å². The van der Waals surface area contributed by atoms with Crippen molar-refractivity contribution in [1.29, 1.82) is 0 Å². The molecule has 0 radical (unpaired) electrons. The van der Waals surface area contributed by atoms with Crippen molar-refractivity contribution in [2.24, 2.45) is 0 Å². The van der Waals surface area contributed by atoms with Crippen molar-refractivity contribution < 1.29 is 83.5 Å². The second kappa shape index (κ2) is 21.5. The van der Waals surface area contributed by atoms with Gasteiger partial charge in [0.25, 0.3) is 5.97 Å². The van der Waals surface area contributed by atoms with Crippen LogP contribution in [-0.4, -0.2) is 18.7 Å². The molecule has 23 heavy (non-hydrogen) atoms. The Hall–Kier alpha value is 1.48. The summed E-state index contributed by atoms with van der Waals surface area (Å²) in [5.41, 5.74) is 0. The third-order valence-corrected chi connectivity index (χ3v) is 4.07. The molecule has 0 aliphatic rings. The Balaban J connectivity index is 0. The molecule has 0 aromatic carbocycles. The van der Waals surface area contributed by atoms with Gasteiger partial charge in [0.05, 0.1) is 6.61 Å². The van der Waals surface area contributed by atoms with Crippen LogP contribution in [0.3, 0.4) is 0 Å². The SMILES string of the molecule is CCCCCCCCCCCCCCCCOC(=O)C(C)[O-].[Cs+]. The average Bonchev–Trinajstić information content (AvgIpc) is 2.50. The third-order valence-electron chi connectivity index (χ3n) is 4.07. The third kappa shape index (κ3) is 21.4. The molecule has 0 spiro atoms. The maximum Gasteiger partial charge on any atom is 1.00 e. The molecule has 0 aromatic heterocycles. The van der Waals surface area contributed by atoms with E-state index < -0.39 is 12.1 Å². The van der Waals surface area contributed by atoms with Gasteiger partial charge in [0, 0.05) is 0 Å². The summed E-state index contributed by atoms with van der Waals surface area (Å²) in [5, 5.41) is 10.7. The number of unbranched alkanes of at least 4 members (excludes halogenated alkanes) is 13. The molecular formula is C19H37CsO3. The molecule has 3 nitrogen and oxygen atoms in total. The molecule has 0 aliphatic carbocycles. The van der Waals surface area contributed by atoms with Gasteiger partial charge in [-0.2, -0.15) is 0 Å². The van der Waals surface area contributed by atoms with Crippen LogP contribution in [0.5, 0.6) is 0 Å².